The van der Waals surface area contributed by atoms with Crippen LogP contribution in [-0.2, 0) is 0 Å². The fourth-order valence-electron chi connectivity index (χ4n) is 4.06. The Balaban J connectivity index is 1.65. The first kappa shape index (κ1) is 14.6. The average Bonchev–Trinajstić information content (AvgIpc) is 3.06. The van der Waals surface area contributed by atoms with E-state index >= 15 is 0 Å². The van der Waals surface area contributed by atoms with Gasteiger partial charge in [-0.3, -0.25) is 4.90 Å². The summed E-state index contributed by atoms with van der Waals surface area (Å²) in [5.74, 6) is 0.666. The quantitative estimate of drug-likeness (QED) is 0.927. The molecule has 3 rings (SSSR count). The molecule has 3 nitrogen and oxygen atoms in total. The second kappa shape index (κ2) is 6.17. The molecule has 21 heavy (non-hydrogen) atoms. The summed E-state index contributed by atoms with van der Waals surface area (Å²) >= 11 is 0. The zero-order chi connectivity index (χ0) is 14.7. The van der Waals surface area contributed by atoms with E-state index in [9.17, 15) is 5.26 Å². The normalized spacial score (nSPS) is 33.7. The number of nitriles is 1. The van der Waals surface area contributed by atoms with Crippen molar-refractivity contribution in [2.75, 3.05) is 20.1 Å². The highest BCUT2D eigenvalue weighted by Gasteiger charge is 2.39. The number of likely N-dealkylation sites (tertiary alicyclic amines) is 1. The lowest BCUT2D eigenvalue weighted by Crippen LogP contribution is -2.51. The third kappa shape index (κ3) is 2.97. The highest BCUT2D eigenvalue weighted by Crippen LogP contribution is 2.35. The first-order chi connectivity index (χ1) is 10.3. The van der Waals surface area contributed by atoms with E-state index in [4.69, 9.17) is 0 Å². The summed E-state index contributed by atoms with van der Waals surface area (Å²) in [6.45, 7) is 2.33. The van der Waals surface area contributed by atoms with E-state index in [1.807, 2.05) is 7.05 Å². The summed E-state index contributed by atoms with van der Waals surface area (Å²) in [5, 5.41) is 12.8. The Morgan fingerprint density at radius 3 is 2.81 bits per heavy atom. The Morgan fingerprint density at radius 1 is 1.29 bits per heavy atom. The van der Waals surface area contributed by atoms with Gasteiger partial charge in [0.15, 0.2) is 0 Å². The van der Waals surface area contributed by atoms with Crippen molar-refractivity contribution in [3.05, 3.63) is 35.9 Å². The molecule has 1 saturated carbocycles. The molecule has 2 aliphatic rings. The molecule has 1 heterocycles. The Kier molecular flexibility index (Phi) is 4.28. The summed E-state index contributed by atoms with van der Waals surface area (Å²) in [4.78, 5) is 2.63. The van der Waals surface area contributed by atoms with Crippen LogP contribution in [0.3, 0.4) is 0 Å². The number of nitrogens with zero attached hydrogens (tertiary/aromatic N) is 2. The van der Waals surface area contributed by atoms with Gasteiger partial charge in [0.2, 0.25) is 0 Å². The van der Waals surface area contributed by atoms with Gasteiger partial charge in [-0.1, -0.05) is 30.3 Å². The van der Waals surface area contributed by atoms with Crippen LogP contribution in [0.2, 0.25) is 0 Å². The van der Waals surface area contributed by atoms with Crippen LogP contribution in [0.15, 0.2) is 30.3 Å². The Bertz CT molecular complexity index is 507. The molecule has 2 fully saturated rings. The van der Waals surface area contributed by atoms with Crippen molar-refractivity contribution < 1.29 is 0 Å². The molecule has 1 saturated heterocycles. The third-order valence-electron chi connectivity index (χ3n) is 5.42. The minimum atomic E-state index is -0.298. The largest absolute Gasteiger partial charge is 0.302 e. The molecular weight excluding hydrogens is 258 g/mol. The molecule has 1 aliphatic carbocycles. The zero-order valence-corrected chi connectivity index (χ0v) is 12.9. The first-order valence-electron chi connectivity index (χ1n) is 8.15. The van der Waals surface area contributed by atoms with Gasteiger partial charge in [-0.05, 0) is 57.2 Å². The lowest BCUT2D eigenvalue weighted by molar-refractivity contribution is 0.146. The lowest BCUT2D eigenvalue weighted by Gasteiger charge is -2.39. The van der Waals surface area contributed by atoms with Crippen LogP contribution in [-0.4, -0.2) is 36.6 Å². The van der Waals surface area contributed by atoms with Gasteiger partial charge in [0, 0.05) is 12.6 Å². The maximum Gasteiger partial charge on any atom is 0.108 e. The van der Waals surface area contributed by atoms with E-state index in [-0.39, 0.29) is 5.54 Å². The minimum Gasteiger partial charge on any atom is -0.302 e. The van der Waals surface area contributed by atoms with Crippen LogP contribution in [0.5, 0.6) is 0 Å². The Morgan fingerprint density at radius 2 is 2.10 bits per heavy atom. The summed E-state index contributed by atoms with van der Waals surface area (Å²) in [7, 11) is 1.93. The van der Waals surface area contributed by atoms with Gasteiger partial charge in [0.1, 0.15) is 5.54 Å². The SMILES string of the molecule is CNC1(C#N)CCCC(N2CCC(c3ccccc3)C2)C1. The molecule has 1 aromatic rings. The molecule has 0 aromatic heterocycles. The van der Waals surface area contributed by atoms with Gasteiger partial charge < -0.3 is 5.32 Å². The predicted molar refractivity (Wildman–Crippen MR) is 85.0 cm³/mol. The van der Waals surface area contributed by atoms with Crippen LogP contribution >= 0.6 is 0 Å². The molecule has 0 amide bonds. The van der Waals surface area contributed by atoms with Crippen LogP contribution in [0.1, 0.15) is 43.6 Å². The standard InChI is InChI=1S/C18H25N3/c1-20-18(14-19)10-5-8-17(12-18)21-11-9-16(13-21)15-6-3-2-4-7-15/h2-4,6-7,16-17,20H,5,8-13H2,1H3. The van der Waals surface area contributed by atoms with E-state index in [1.165, 1.54) is 24.9 Å². The molecule has 3 unspecified atom stereocenters. The van der Waals surface area contributed by atoms with Crippen molar-refractivity contribution in [2.24, 2.45) is 0 Å². The van der Waals surface area contributed by atoms with Gasteiger partial charge in [0.05, 0.1) is 6.07 Å². The maximum atomic E-state index is 9.50. The van der Waals surface area contributed by atoms with Crippen LogP contribution in [0, 0.1) is 11.3 Å². The molecule has 3 heteroatoms. The molecule has 0 spiro atoms. The molecule has 3 atom stereocenters. The van der Waals surface area contributed by atoms with Crippen molar-refractivity contribution in [3.8, 4) is 6.07 Å². The Labute approximate surface area is 128 Å². The lowest BCUT2D eigenvalue weighted by atomic mass is 9.79. The second-order valence-corrected chi connectivity index (χ2v) is 6.59. The van der Waals surface area contributed by atoms with E-state index in [0.29, 0.717) is 12.0 Å². The van der Waals surface area contributed by atoms with Crippen LogP contribution in [0.4, 0.5) is 0 Å². The molecule has 1 aromatic carbocycles. The van der Waals surface area contributed by atoms with Crippen LogP contribution < -0.4 is 5.32 Å². The predicted octanol–water partition coefficient (Wildman–Crippen LogP) is 2.90. The van der Waals surface area contributed by atoms with Gasteiger partial charge >= 0.3 is 0 Å². The number of rotatable bonds is 3. The minimum absolute atomic E-state index is 0.298. The van der Waals surface area contributed by atoms with Crippen molar-refractivity contribution in [2.45, 2.75) is 49.6 Å². The highest BCUT2D eigenvalue weighted by molar-refractivity contribution is 5.21. The van der Waals surface area contributed by atoms with E-state index in [1.54, 1.807) is 0 Å². The number of benzene rings is 1. The number of nitrogens with one attached hydrogen (secondary N) is 1. The summed E-state index contributed by atoms with van der Waals surface area (Å²) in [5.41, 5.74) is 1.17. The Hall–Kier alpha value is -1.37. The summed E-state index contributed by atoms with van der Waals surface area (Å²) in [6, 6.07) is 14.0. The number of hydrogen-bond donors (Lipinski definition) is 1. The third-order valence-corrected chi connectivity index (χ3v) is 5.42. The smallest absolute Gasteiger partial charge is 0.108 e. The van der Waals surface area contributed by atoms with Gasteiger partial charge in [-0.25, -0.2) is 0 Å². The fourth-order valence-corrected chi connectivity index (χ4v) is 4.06. The average molecular weight is 283 g/mol. The highest BCUT2D eigenvalue weighted by atomic mass is 15.2. The number of hydrogen-bond acceptors (Lipinski definition) is 3. The zero-order valence-electron chi connectivity index (χ0n) is 12.9. The molecule has 0 bridgehead atoms. The van der Waals surface area contributed by atoms with Gasteiger partial charge in [-0.2, -0.15) is 5.26 Å². The monoisotopic (exact) mass is 283 g/mol. The van der Waals surface area contributed by atoms with E-state index in [2.05, 4.69) is 46.6 Å². The topological polar surface area (TPSA) is 39.1 Å². The molecule has 1 aliphatic heterocycles. The van der Waals surface area contributed by atoms with Crippen LogP contribution in [0.25, 0.3) is 0 Å². The molecular formula is C18H25N3. The van der Waals surface area contributed by atoms with Crippen molar-refractivity contribution in [1.82, 2.24) is 10.2 Å². The first-order valence-corrected chi connectivity index (χ1v) is 8.15. The maximum absolute atomic E-state index is 9.50. The van der Waals surface area contributed by atoms with Crippen molar-refractivity contribution in [3.63, 3.8) is 0 Å². The molecule has 0 radical (unpaired) electrons. The summed E-state index contributed by atoms with van der Waals surface area (Å²) < 4.78 is 0. The van der Waals surface area contributed by atoms with Crippen molar-refractivity contribution in [1.29, 1.82) is 5.26 Å². The van der Waals surface area contributed by atoms with E-state index in [0.717, 1.165) is 25.8 Å². The second-order valence-electron chi connectivity index (χ2n) is 6.59. The van der Waals surface area contributed by atoms with Gasteiger partial charge in [0.25, 0.3) is 0 Å². The molecule has 112 valence electrons. The summed E-state index contributed by atoms with van der Waals surface area (Å²) in [6.07, 6.45) is 5.62. The van der Waals surface area contributed by atoms with Gasteiger partial charge in [-0.15, -0.1) is 0 Å². The fraction of sp³-hybridized carbons (Fsp3) is 0.611. The van der Waals surface area contributed by atoms with Crippen molar-refractivity contribution >= 4 is 0 Å². The van der Waals surface area contributed by atoms with E-state index < -0.39 is 0 Å². The molecule has 1 N–H and O–H groups in total.